The summed E-state index contributed by atoms with van der Waals surface area (Å²) < 4.78 is 5.07. The molecule has 0 spiro atoms. The van der Waals surface area contributed by atoms with Crippen molar-refractivity contribution in [3.63, 3.8) is 0 Å². The van der Waals surface area contributed by atoms with E-state index in [2.05, 4.69) is 12.2 Å². The number of hydrogen-bond donors (Lipinski definition) is 1. The van der Waals surface area contributed by atoms with Crippen molar-refractivity contribution in [2.75, 3.05) is 25.4 Å². The number of ether oxygens (including phenoxy) is 1. The summed E-state index contributed by atoms with van der Waals surface area (Å²) in [4.78, 5) is 11.6. The quantitative estimate of drug-likeness (QED) is 0.676. The lowest BCUT2D eigenvalue weighted by atomic mass is 10.1. The predicted octanol–water partition coefficient (Wildman–Crippen LogP) is 1.67. The number of rotatable bonds is 7. The van der Waals surface area contributed by atoms with Gasteiger partial charge in [0.15, 0.2) is 0 Å². The van der Waals surface area contributed by atoms with Crippen LogP contribution in [0, 0.1) is 5.92 Å². The highest BCUT2D eigenvalue weighted by atomic mass is 32.2. The molecular weight excluding hydrogens is 210 g/mol. The monoisotopic (exact) mass is 231 g/mol. The maximum absolute atomic E-state index is 11.6. The van der Waals surface area contributed by atoms with Crippen molar-refractivity contribution in [3.05, 3.63) is 0 Å². The van der Waals surface area contributed by atoms with Crippen molar-refractivity contribution in [2.45, 2.75) is 31.9 Å². The average molecular weight is 231 g/mol. The lowest BCUT2D eigenvalue weighted by Crippen LogP contribution is -2.43. The summed E-state index contributed by atoms with van der Waals surface area (Å²) in [6.07, 6.45) is 1.98. The van der Waals surface area contributed by atoms with Gasteiger partial charge in [0.2, 0.25) is 0 Å². The third kappa shape index (κ3) is 4.43. The van der Waals surface area contributed by atoms with E-state index < -0.39 is 0 Å². The molecule has 15 heavy (non-hydrogen) atoms. The summed E-state index contributed by atoms with van der Waals surface area (Å²) >= 11 is 1.76. The molecule has 0 amide bonds. The molecule has 0 saturated carbocycles. The highest BCUT2D eigenvalue weighted by Gasteiger charge is 2.23. The summed E-state index contributed by atoms with van der Waals surface area (Å²) in [5.41, 5.74) is 0. The average Bonchev–Trinajstić information content (AvgIpc) is 2.14. The maximum Gasteiger partial charge on any atom is 0.319 e. The Balaban J connectivity index is 2.24. The number of esters is 1. The molecule has 0 aromatic rings. The van der Waals surface area contributed by atoms with Gasteiger partial charge in [-0.05, 0) is 38.1 Å². The molecule has 0 radical (unpaired) electrons. The largest absolute Gasteiger partial charge is 0.465 e. The minimum absolute atomic E-state index is 0.0309. The van der Waals surface area contributed by atoms with Crippen molar-refractivity contribution >= 4 is 17.7 Å². The minimum Gasteiger partial charge on any atom is -0.465 e. The van der Waals surface area contributed by atoms with Gasteiger partial charge in [-0.1, -0.05) is 13.3 Å². The first-order valence-corrected chi connectivity index (χ1v) is 6.81. The van der Waals surface area contributed by atoms with E-state index in [1.165, 1.54) is 0 Å². The molecule has 4 heteroatoms. The fourth-order valence-corrected chi connectivity index (χ4v) is 2.83. The number of carbonyl (C=O) groups excluding carboxylic acids is 1. The fraction of sp³-hybridized carbons (Fsp3) is 0.909. The zero-order chi connectivity index (χ0) is 11.1. The second kappa shape index (κ2) is 7.12. The smallest absolute Gasteiger partial charge is 0.319 e. The van der Waals surface area contributed by atoms with E-state index in [0.717, 1.165) is 37.6 Å². The SMILES string of the molecule is CCCC(SCC1CNC1)C(=O)OCC. The highest BCUT2D eigenvalue weighted by molar-refractivity contribution is 8.00. The van der Waals surface area contributed by atoms with Crippen LogP contribution in [0.2, 0.25) is 0 Å². The standard InChI is InChI=1S/C11H21NO2S/c1-3-5-10(11(13)14-4-2)15-8-9-6-12-7-9/h9-10,12H,3-8H2,1-2H3. The van der Waals surface area contributed by atoms with E-state index in [0.29, 0.717) is 6.61 Å². The Morgan fingerprint density at radius 3 is 2.73 bits per heavy atom. The molecule has 0 aromatic heterocycles. The Bertz CT molecular complexity index is 195. The first-order valence-electron chi connectivity index (χ1n) is 5.76. The van der Waals surface area contributed by atoms with Crippen LogP contribution in [0.25, 0.3) is 0 Å². The zero-order valence-electron chi connectivity index (χ0n) is 9.62. The predicted molar refractivity (Wildman–Crippen MR) is 64.1 cm³/mol. The second-order valence-electron chi connectivity index (χ2n) is 3.89. The molecule has 1 rings (SSSR count). The Kier molecular flexibility index (Phi) is 6.10. The van der Waals surface area contributed by atoms with Gasteiger partial charge in [-0.25, -0.2) is 0 Å². The van der Waals surface area contributed by atoms with Crippen LogP contribution in [0.1, 0.15) is 26.7 Å². The van der Waals surface area contributed by atoms with Crippen molar-refractivity contribution < 1.29 is 9.53 Å². The molecule has 88 valence electrons. The lowest BCUT2D eigenvalue weighted by Gasteiger charge is -2.27. The topological polar surface area (TPSA) is 38.3 Å². The van der Waals surface area contributed by atoms with Crippen molar-refractivity contribution in [1.29, 1.82) is 0 Å². The maximum atomic E-state index is 11.6. The van der Waals surface area contributed by atoms with Gasteiger partial charge in [-0.15, -0.1) is 11.8 Å². The Labute approximate surface area is 96.3 Å². The van der Waals surface area contributed by atoms with Gasteiger partial charge in [0.25, 0.3) is 0 Å². The Hall–Kier alpha value is -0.220. The molecule has 1 heterocycles. The van der Waals surface area contributed by atoms with E-state index >= 15 is 0 Å². The minimum atomic E-state index is -0.0309. The zero-order valence-corrected chi connectivity index (χ0v) is 10.4. The van der Waals surface area contributed by atoms with Gasteiger partial charge in [-0.2, -0.15) is 0 Å². The Morgan fingerprint density at radius 2 is 2.27 bits per heavy atom. The Morgan fingerprint density at radius 1 is 1.53 bits per heavy atom. The van der Waals surface area contributed by atoms with E-state index in [9.17, 15) is 4.79 Å². The summed E-state index contributed by atoms with van der Waals surface area (Å²) in [7, 11) is 0. The number of hydrogen-bond acceptors (Lipinski definition) is 4. The van der Waals surface area contributed by atoms with Gasteiger partial charge >= 0.3 is 5.97 Å². The molecule has 0 aromatic carbocycles. The van der Waals surface area contributed by atoms with Crippen LogP contribution in [-0.4, -0.2) is 36.7 Å². The lowest BCUT2D eigenvalue weighted by molar-refractivity contribution is -0.142. The number of nitrogens with one attached hydrogen (secondary N) is 1. The molecule has 1 atom stereocenters. The summed E-state index contributed by atoms with van der Waals surface area (Å²) in [5.74, 6) is 1.80. The van der Waals surface area contributed by atoms with Gasteiger partial charge in [0.1, 0.15) is 5.25 Å². The third-order valence-electron chi connectivity index (χ3n) is 2.50. The summed E-state index contributed by atoms with van der Waals surface area (Å²) in [6.45, 7) is 6.67. The molecule has 1 aliphatic rings. The van der Waals surface area contributed by atoms with Gasteiger partial charge < -0.3 is 10.1 Å². The van der Waals surface area contributed by atoms with Crippen LogP contribution < -0.4 is 5.32 Å². The normalized spacial score (nSPS) is 18.3. The summed E-state index contributed by atoms with van der Waals surface area (Å²) in [6, 6.07) is 0. The van der Waals surface area contributed by atoms with Crippen molar-refractivity contribution in [1.82, 2.24) is 5.32 Å². The van der Waals surface area contributed by atoms with Crippen molar-refractivity contribution in [3.8, 4) is 0 Å². The van der Waals surface area contributed by atoms with Crippen LogP contribution in [0.3, 0.4) is 0 Å². The molecule has 0 aliphatic carbocycles. The third-order valence-corrected chi connectivity index (χ3v) is 3.99. The van der Waals surface area contributed by atoms with Crippen LogP contribution >= 0.6 is 11.8 Å². The van der Waals surface area contributed by atoms with E-state index in [4.69, 9.17) is 4.74 Å². The first kappa shape index (κ1) is 12.8. The molecule has 3 nitrogen and oxygen atoms in total. The van der Waals surface area contributed by atoms with Gasteiger partial charge in [0.05, 0.1) is 6.61 Å². The number of thioether (sulfide) groups is 1. The molecule has 1 unspecified atom stereocenters. The van der Waals surface area contributed by atoms with Crippen LogP contribution in [0.5, 0.6) is 0 Å². The van der Waals surface area contributed by atoms with Crippen molar-refractivity contribution in [2.24, 2.45) is 5.92 Å². The van der Waals surface area contributed by atoms with Gasteiger partial charge in [-0.3, -0.25) is 4.79 Å². The molecule has 1 fully saturated rings. The van der Waals surface area contributed by atoms with E-state index in [1.807, 2.05) is 6.92 Å². The first-order chi connectivity index (χ1) is 7.27. The number of carbonyl (C=O) groups is 1. The molecule has 0 bridgehead atoms. The van der Waals surface area contributed by atoms with Crippen LogP contribution in [-0.2, 0) is 9.53 Å². The fourth-order valence-electron chi connectivity index (χ4n) is 1.49. The van der Waals surface area contributed by atoms with E-state index in [1.54, 1.807) is 11.8 Å². The summed E-state index contributed by atoms with van der Waals surface area (Å²) in [5, 5.41) is 3.29. The molecule has 1 N–H and O–H groups in total. The highest BCUT2D eigenvalue weighted by Crippen LogP contribution is 2.22. The molecule has 1 saturated heterocycles. The van der Waals surface area contributed by atoms with Crippen LogP contribution in [0.15, 0.2) is 0 Å². The van der Waals surface area contributed by atoms with Gasteiger partial charge in [0, 0.05) is 0 Å². The second-order valence-corrected chi connectivity index (χ2v) is 5.12. The molecular formula is C11H21NO2S. The molecule has 1 aliphatic heterocycles. The van der Waals surface area contributed by atoms with E-state index in [-0.39, 0.29) is 11.2 Å². The van der Waals surface area contributed by atoms with Crippen LogP contribution in [0.4, 0.5) is 0 Å².